The molecule has 1 aliphatic rings. The lowest BCUT2D eigenvalue weighted by atomic mass is 10.1. The van der Waals surface area contributed by atoms with E-state index in [9.17, 15) is 4.39 Å². The van der Waals surface area contributed by atoms with Crippen LogP contribution in [0, 0.1) is 5.82 Å². The highest BCUT2D eigenvalue weighted by Crippen LogP contribution is 2.19. The maximum atomic E-state index is 13.2. The highest BCUT2D eigenvalue weighted by Gasteiger charge is 2.27. The van der Waals surface area contributed by atoms with Crippen LogP contribution in [0.4, 0.5) is 10.1 Å². The molecule has 1 saturated heterocycles. The minimum absolute atomic E-state index is 0.190. The number of aryl methyl sites for hydroxylation is 1. The van der Waals surface area contributed by atoms with Crippen LogP contribution < -0.4 is 10.2 Å². The number of benzene rings is 2. The largest absolute Gasteiger partial charge is 0.369 e. The van der Waals surface area contributed by atoms with Crippen molar-refractivity contribution in [2.75, 3.05) is 24.7 Å². The number of anilines is 1. The van der Waals surface area contributed by atoms with E-state index in [2.05, 4.69) is 48.3 Å². The maximum Gasteiger partial charge on any atom is 0.162 e. The number of halogens is 1. The minimum atomic E-state index is -0.471. The molecule has 2 aromatic carbocycles. The first-order chi connectivity index (χ1) is 14.3. The zero-order chi connectivity index (χ0) is 21.6. The summed E-state index contributed by atoms with van der Waals surface area (Å²) in [6.45, 7) is 11.3. The molecule has 3 rings (SSSR count). The summed E-state index contributed by atoms with van der Waals surface area (Å²) in [4.78, 5) is 2.33. The van der Waals surface area contributed by atoms with Gasteiger partial charge in [-0.1, -0.05) is 24.3 Å². The molecule has 0 atom stereocenters. The summed E-state index contributed by atoms with van der Waals surface area (Å²) in [6.07, 6.45) is 2.08. The van der Waals surface area contributed by atoms with E-state index in [1.54, 1.807) is 0 Å². The Kier molecular flexibility index (Phi) is 7.87. The summed E-state index contributed by atoms with van der Waals surface area (Å²) < 4.78 is 24.6. The lowest BCUT2D eigenvalue weighted by molar-refractivity contribution is -0.253. The summed E-state index contributed by atoms with van der Waals surface area (Å²) in [5.74, 6) is -0.661. The average molecular weight is 415 g/mol. The minimum Gasteiger partial charge on any atom is -0.369 e. The highest BCUT2D eigenvalue weighted by molar-refractivity contribution is 5.47. The molecule has 1 fully saturated rings. The van der Waals surface area contributed by atoms with Gasteiger partial charge in [0.1, 0.15) is 5.82 Å². The lowest BCUT2D eigenvalue weighted by Gasteiger charge is -2.35. The summed E-state index contributed by atoms with van der Waals surface area (Å²) in [6, 6.07) is 16.2. The molecule has 0 saturated carbocycles. The van der Waals surface area contributed by atoms with Crippen molar-refractivity contribution in [2.24, 2.45) is 0 Å². The molecule has 5 heteroatoms. The van der Waals surface area contributed by atoms with Crippen molar-refractivity contribution in [3.63, 3.8) is 0 Å². The van der Waals surface area contributed by atoms with Gasteiger partial charge < -0.3 is 19.7 Å². The van der Waals surface area contributed by atoms with Crippen molar-refractivity contribution in [3.8, 4) is 0 Å². The second-order valence-electron chi connectivity index (χ2n) is 8.78. The SMILES string of the molecule is CC(C)N(CCCc1ccc(CNC2COC(C)(C)OC2)cc1)c1ccc(F)cc1. The third kappa shape index (κ3) is 6.79. The molecule has 0 aliphatic carbocycles. The van der Waals surface area contributed by atoms with E-state index in [-0.39, 0.29) is 11.9 Å². The Hall–Kier alpha value is -1.95. The van der Waals surface area contributed by atoms with Gasteiger partial charge in [0, 0.05) is 24.8 Å². The Labute approximate surface area is 180 Å². The Balaban J connectivity index is 1.43. The molecule has 1 N–H and O–H groups in total. The van der Waals surface area contributed by atoms with Crippen molar-refractivity contribution in [1.82, 2.24) is 5.32 Å². The maximum absolute atomic E-state index is 13.2. The van der Waals surface area contributed by atoms with Crippen LogP contribution in [0.3, 0.4) is 0 Å². The molecule has 1 heterocycles. The number of rotatable bonds is 9. The van der Waals surface area contributed by atoms with E-state index in [4.69, 9.17) is 9.47 Å². The Morgan fingerprint density at radius 3 is 2.20 bits per heavy atom. The van der Waals surface area contributed by atoms with E-state index in [0.717, 1.165) is 31.6 Å². The molecular weight excluding hydrogens is 379 g/mol. The van der Waals surface area contributed by atoms with Crippen LogP contribution in [0.15, 0.2) is 48.5 Å². The van der Waals surface area contributed by atoms with Gasteiger partial charge in [0.25, 0.3) is 0 Å². The Morgan fingerprint density at radius 2 is 1.60 bits per heavy atom. The van der Waals surface area contributed by atoms with Gasteiger partial charge in [0.15, 0.2) is 5.79 Å². The topological polar surface area (TPSA) is 33.7 Å². The molecule has 4 nitrogen and oxygen atoms in total. The van der Waals surface area contributed by atoms with E-state index < -0.39 is 5.79 Å². The van der Waals surface area contributed by atoms with Crippen molar-refractivity contribution in [1.29, 1.82) is 0 Å². The molecular formula is C25H35FN2O2. The normalized spacial score (nSPS) is 16.7. The smallest absolute Gasteiger partial charge is 0.162 e. The molecule has 0 aromatic heterocycles. The Morgan fingerprint density at radius 1 is 1.00 bits per heavy atom. The van der Waals surface area contributed by atoms with E-state index in [1.807, 2.05) is 26.0 Å². The van der Waals surface area contributed by atoms with Gasteiger partial charge in [-0.2, -0.15) is 0 Å². The summed E-state index contributed by atoms with van der Waals surface area (Å²) in [5, 5.41) is 3.50. The van der Waals surface area contributed by atoms with Crippen LogP contribution in [0.25, 0.3) is 0 Å². The monoisotopic (exact) mass is 414 g/mol. The quantitative estimate of drug-likeness (QED) is 0.632. The predicted molar refractivity (Wildman–Crippen MR) is 120 cm³/mol. The third-order valence-corrected chi connectivity index (χ3v) is 5.53. The van der Waals surface area contributed by atoms with Crippen LogP contribution in [0.5, 0.6) is 0 Å². The fourth-order valence-corrected chi connectivity index (χ4v) is 3.67. The summed E-state index contributed by atoms with van der Waals surface area (Å²) >= 11 is 0. The van der Waals surface area contributed by atoms with Gasteiger partial charge in [0.2, 0.25) is 0 Å². The highest BCUT2D eigenvalue weighted by atomic mass is 19.1. The number of nitrogens with zero attached hydrogens (tertiary/aromatic N) is 1. The van der Waals surface area contributed by atoms with Crippen molar-refractivity contribution >= 4 is 5.69 Å². The molecule has 1 aliphatic heterocycles. The average Bonchev–Trinajstić information content (AvgIpc) is 2.72. The number of nitrogens with one attached hydrogen (secondary N) is 1. The zero-order valence-electron chi connectivity index (χ0n) is 18.7. The van der Waals surface area contributed by atoms with Gasteiger partial charge >= 0.3 is 0 Å². The van der Waals surface area contributed by atoms with Gasteiger partial charge in [0.05, 0.1) is 19.3 Å². The van der Waals surface area contributed by atoms with Crippen molar-refractivity contribution < 1.29 is 13.9 Å². The second-order valence-corrected chi connectivity index (χ2v) is 8.78. The van der Waals surface area contributed by atoms with Crippen molar-refractivity contribution in [2.45, 2.75) is 65.0 Å². The molecule has 0 spiro atoms. The second kappa shape index (κ2) is 10.4. The molecule has 164 valence electrons. The van der Waals surface area contributed by atoms with Gasteiger partial charge in [-0.25, -0.2) is 4.39 Å². The van der Waals surface area contributed by atoms with Crippen LogP contribution in [0.1, 0.15) is 45.2 Å². The first-order valence-corrected chi connectivity index (χ1v) is 10.9. The Bertz CT molecular complexity index is 765. The van der Waals surface area contributed by atoms with E-state index >= 15 is 0 Å². The number of ether oxygens (including phenoxy) is 2. The first-order valence-electron chi connectivity index (χ1n) is 10.9. The van der Waals surface area contributed by atoms with Crippen LogP contribution in [-0.2, 0) is 22.4 Å². The number of hydrogen-bond donors (Lipinski definition) is 1. The van der Waals surface area contributed by atoms with Gasteiger partial charge in [-0.15, -0.1) is 0 Å². The summed E-state index contributed by atoms with van der Waals surface area (Å²) in [7, 11) is 0. The number of hydrogen-bond acceptors (Lipinski definition) is 4. The molecule has 2 aromatic rings. The zero-order valence-corrected chi connectivity index (χ0v) is 18.7. The third-order valence-electron chi connectivity index (χ3n) is 5.53. The van der Waals surface area contributed by atoms with Crippen molar-refractivity contribution in [3.05, 3.63) is 65.5 Å². The molecule has 0 unspecified atom stereocenters. The van der Waals surface area contributed by atoms with E-state index in [1.165, 1.54) is 23.3 Å². The fourth-order valence-electron chi connectivity index (χ4n) is 3.67. The predicted octanol–water partition coefficient (Wildman–Crippen LogP) is 4.91. The van der Waals surface area contributed by atoms with Crippen LogP contribution >= 0.6 is 0 Å². The lowest BCUT2D eigenvalue weighted by Crippen LogP contribution is -2.48. The van der Waals surface area contributed by atoms with E-state index in [0.29, 0.717) is 19.3 Å². The summed E-state index contributed by atoms with van der Waals surface area (Å²) in [5.41, 5.74) is 3.68. The molecule has 0 radical (unpaired) electrons. The molecule has 0 bridgehead atoms. The molecule has 30 heavy (non-hydrogen) atoms. The first kappa shape index (κ1) is 22.7. The van der Waals surface area contributed by atoms with Gasteiger partial charge in [-0.05, 0) is 75.9 Å². The molecule has 0 amide bonds. The van der Waals surface area contributed by atoms with Crippen LogP contribution in [-0.4, -0.2) is 37.6 Å². The standard InChI is InChI=1S/C25H35FN2O2/c1-19(2)28(24-13-11-22(26)12-14-24)15-5-6-20-7-9-21(10-8-20)16-27-23-17-29-25(3,4)30-18-23/h7-14,19,23,27H,5-6,15-18H2,1-4H3. The van der Waals surface area contributed by atoms with Gasteiger partial charge in [-0.3, -0.25) is 0 Å². The van der Waals surface area contributed by atoms with Crippen LogP contribution in [0.2, 0.25) is 0 Å². The fraction of sp³-hybridized carbons (Fsp3) is 0.520.